The van der Waals surface area contributed by atoms with Gasteiger partial charge in [-0.05, 0) is 19.3 Å². The molecular formula is C15H12F5N3O4S. The zero-order chi connectivity index (χ0) is 20.8. The van der Waals surface area contributed by atoms with Crippen LogP contribution in [0.3, 0.4) is 0 Å². The molecule has 0 aliphatic heterocycles. The van der Waals surface area contributed by atoms with E-state index in [1.54, 1.807) is 0 Å². The highest BCUT2D eigenvalue weighted by Crippen LogP contribution is 2.28. The van der Waals surface area contributed by atoms with E-state index in [1.807, 2.05) is 4.72 Å². The second kappa shape index (κ2) is 7.13. The minimum atomic E-state index is -5.10. The van der Waals surface area contributed by atoms with Gasteiger partial charge in [0.2, 0.25) is 15.8 Å². The molecule has 1 aromatic heterocycles. The van der Waals surface area contributed by atoms with Gasteiger partial charge in [0.15, 0.2) is 33.9 Å². The number of sulfonamides is 1. The SMILES string of the molecule is COC(=O)c1n[nH]c2c1CC(NS(=O)(=O)c1c(F)c(F)c(F)c(F)c1F)CC2. The van der Waals surface area contributed by atoms with Crippen molar-refractivity contribution in [3.63, 3.8) is 0 Å². The topological polar surface area (TPSA) is 101 Å². The molecule has 0 fully saturated rings. The predicted octanol–water partition coefficient (Wildman–Crippen LogP) is 1.73. The number of fused-ring (bicyclic) bond motifs is 1. The van der Waals surface area contributed by atoms with Crippen molar-refractivity contribution in [2.45, 2.75) is 30.2 Å². The van der Waals surface area contributed by atoms with E-state index in [0.717, 1.165) is 7.11 Å². The van der Waals surface area contributed by atoms with E-state index in [4.69, 9.17) is 0 Å². The largest absolute Gasteiger partial charge is 0.464 e. The third kappa shape index (κ3) is 3.24. The molecule has 1 atom stereocenters. The lowest BCUT2D eigenvalue weighted by molar-refractivity contribution is 0.0592. The van der Waals surface area contributed by atoms with Gasteiger partial charge < -0.3 is 4.74 Å². The van der Waals surface area contributed by atoms with Gasteiger partial charge in [-0.15, -0.1) is 0 Å². The fraction of sp³-hybridized carbons (Fsp3) is 0.333. The van der Waals surface area contributed by atoms with Crippen molar-refractivity contribution in [3.8, 4) is 0 Å². The number of esters is 1. The van der Waals surface area contributed by atoms with Crippen LogP contribution in [0.4, 0.5) is 22.0 Å². The molecule has 0 saturated heterocycles. The summed E-state index contributed by atoms with van der Waals surface area (Å²) >= 11 is 0. The van der Waals surface area contributed by atoms with Crippen LogP contribution >= 0.6 is 0 Å². The van der Waals surface area contributed by atoms with Crippen LogP contribution in [0.5, 0.6) is 0 Å². The molecule has 2 aromatic rings. The Kier molecular flexibility index (Phi) is 5.14. The number of carbonyl (C=O) groups is 1. The number of aromatic nitrogens is 2. The van der Waals surface area contributed by atoms with Crippen molar-refractivity contribution in [1.82, 2.24) is 14.9 Å². The number of nitrogens with zero attached hydrogens (tertiary/aromatic N) is 1. The number of hydrogen-bond donors (Lipinski definition) is 2. The van der Waals surface area contributed by atoms with Crippen molar-refractivity contribution in [1.29, 1.82) is 0 Å². The van der Waals surface area contributed by atoms with E-state index < -0.39 is 56.0 Å². The quantitative estimate of drug-likeness (QED) is 0.336. The van der Waals surface area contributed by atoms with Crippen molar-refractivity contribution < 1.29 is 39.9 Å². The average Bonchev–Trinajstić information content (AvgIpc) is 3.07. The first kappa shape index (κ1) is 20.2. The van der Waals surface area contributed by atoms with Gasteiger partial charge in [-0.2, -0.15) is 5.10 Å². The van der Waals surface area contributed by atoms with E-state index >= 15 is 0 Å². The fourth-order valence-corrected chi connectivity index (χ4v) is 4.37. The standard InChI is InChI=1S/C15H12F5N3O4S/c1-27-15(24)13-6-4-5(2-3-7(6)21-22-13)23-28(25,26)14-11(19)9(17)8(16)10(18)12(14)20/h5,23H,2-4H2,1H3,(H,21,22). The Labute approximate surface area is 154 Å². The number of aryl methyl sites for hydroxylation is 1. The van der Waals surface area contributed by atoms with Crippen LogP contribution in [0.15, 0.2) is 4.90 Å². The molecule has 152 valence electrons. The number of ether oxygens (including phenoxy) is 1. The van der Waals surface area contributed by atoms with E-state index in [9.17, 15) is 35.2 Å². The van der Waals surface area contributed by atoms with Gasteiger partial charge in [-0.25, -0.2) is 39.9 Å². The van der Waals surface area contributed by atoms with Crippen molar-refractivity contribution in [2.75, 3.05) is 7.11 Å². The van der Waals surface area contributed by atoms with Gasteiger partial charge in [0.05, 0.1) is 7.11 Å². The molecule has 7 nitrogen and oxygen atoms in total. The molecule has 1 unspecified atom stereocenters. The van der Waals surface area contributed by atoms with Crippen LogP contribution < -0.4 is 4.72 Å². The second-order valence-electron chi connectivity index (χ2n) is 5.98. The van der Waals surface area contributed by atoms with Crippen LogP contribution in [-0.4, -0.2) is 37.7 Å². The molecule has 0 spiro atoms. The third-order valence-corrected chi connectivity index (χ3v) is 5.82. The zero-order valence-electron chi connectivity index (χ0n) is 14.1. The summed E-state index contributed by atoms with van der Waals surface area (Å²) in [5.74, 6) is -12.9. The lowest BCUT2D eigenvalue weighted by Crippen LogP contribution is -2.40. The summed E-state index contributed by atoms with van der Waals surface area (Å²) in [6.07, 6.45) is 0.249. The summed E-state index contributed by atoms with van der Waals surface area (Å²) in [6, 6.07) is -0.978. The van der Waals surface area contributed by atoms with E-state index in [1.165, 1.54) is 0 Å². The minimum Gasteiger partial charge on any atom is -0.464 e. The summed E-state index contributed by atoms with van der Waals surface area (Å²) in [5.41, 5.74) is 0.799. The maximum absolute atomic E-state index is 13.8. The molecule has 1 aliphatic carbocycles. The highest BCUT2D eigenvalue weighted by molar-refractivity contribution is 7.89. The van der Waals surface area contributed by atoms with Crippen LogP contribution in [0.1, 0.15) is 28.2 Å². The van der Waals surface area contributed by atoms with E-state index in [0.29, 0.717) is 11.3 Å². The molecule has 1 aliphatic rings. The lowest BCUT2D eigenvalue weighted by atomic mass is 9.92. The highest BCUT2D eigenvalue weighted by atomic mass is 32.2. The molecule has 13 heteroatoms. The molecule has 1 heterocycles. The van der Waals surface area contributed by atoms with E-state index in [2.05, 4.69) is 14.9 Å². The van der Waals surface area contributed by atoms with Gasteiger partial charge >= 0.3 is 5.97 Å². The second-order valence-corrected chi connectivity index (χ2v) is 7.63. The van der Waals surface area contributed by atoms with Crippen LogP contribution in [0, 0.1) is 29.1 Å². The number of nitrogens with one attached hydrogen (secondary N) is 2. The van der Waals surface area contributed by atoms with Crippen LogP contribution in [0.2, 0.25) is 0 Å². The number of hydrogen-bond acceptors (Lipinski definition) is 5. The number of aromatic amines is 1. The van der Waals surface area contributed by atoms with Crippen molar-refractivity contribution in [2.24, 2.45) is 0 Å². The van der Waals surface area contributed by atoms with Gasteiger partial charge in [0, 0.05) is 17.3 Å². The molecule has 0 saturated carbocycles. The van der Waals surface area contributed by atoms with Crippen LogP contribution in [-0.2, 0) is 27.6 Å². The number of benzene rings is 1. The summed E-state index contributed by atoms with van der Waals surface area (Å²) in [7, 11) is -3.98. The Morgan fingerprint density at radius 3 is 2.25 bits per heavy atom. The Balaban J connectivity index is 1.93. The molecule has 0 radical (unpaired) electrons. The first-order valence-electron chi connectivity index (χ1n) is 7.76. The molecule has 1 aromatic carbocycles. The lowest BCUT2D eigenvalue weighted by Gasteiger charge is -2.23. The van der Waals surface area contributed by atoms with E-state index in [-0.39, 0.29) is 25.0 Å². The maximum atomic E-state index is 13.8. The summed E-state index contributed by atoms with van der Waals surface area (Å²) in [4.78, 5) is 9.73. The Morgan fingerprint density at radius 1 is 1.11 bits per heavy atom. The smallest absolute Gasteiger partial charge is 0.358 e. The Hall–Kier alpha value is -2.54. The average molecular weight is 425 g/mol. The summed E-state index contributed by atoms with van der Waals surface area (Å²) in [5, 5.41) is 6.39. The maximum Gasteiger partial charge on any atom is 0.358 e. The predicted molar refractivity (Wildman–Crippen MR) is 82.3 cm³/mol. The Morgan fingerprint density at radius 2 is 1.68 bits per heavy atom. The van der Waals surface area contributed by atoms with Crippen molar-refractivity contribution in [3.05, 3.63) is 46.0 Å². The molecule has 2 N–H and O–H groups in total. The normalized spacial score (nSPS) is 16.7. The number of halogens is 5. The minimum absolute atomic E-state index is 0.0855. The van der Waals surface area contributed by atoms with Crippen LogP contribution in [0.25, 0.3) is 0 Å². The number of methoxy groups -OCH3 is 1. The van der Waals surface area contributed by atoms with Gasteiger partial charge in [0.1, 0.15) is 0 Å². The first-order valence-corrected chi connectivity index (χ1v) is 9.25. The van der Waals surface area contributed by atoms with Gasteiger partial charge in [0.25, 0.3) is 0 Å². The Bertz CT molecular complexity index is 1040. The zero-order valence-corrected chi connectivity index (χ0v) is 14.9. The molecule has 3 rings (SSSR count). The summed E-state index contributed by atoms with van der Waals surface area (Å²) < 4.78 is 98.6. The number of H-pyrrole nitrogens is 1. The first-order chi connectivity index (χ1) is 13.1. The molecule has 0 amide bonds. The molecule has 28 heavy (non-hydrogen) atoms. The third-order valence-electron chi connectivity index (χ3n) is 4.28. The monoisotopic (exact) mass is 425 g/mol. The van der Waals surface area contributed by atoms with Gasteiger partial charge in [-0.3, -0.25) is 5.10 Å². The number of carbonyl (C=O) groups excluding carboxylic acids is 1. The fourth-order valence-electron chi connectivity index (χ4n) is 2.96. The van der Waals surface area contributed by atoms with Gasteiger partial charge in [-0.1, -0.05) is 0 Å². The number of rotatable bonds is 4. The summed E-state index contributed by atoms with van der Waals surface area (Å²) in [6.45, 7) is 0. The molecular weight excluding hydrogens is 413 g/mol. The highest BCUT2D eigenvalue weighted by Gasteiger charge is 2.36. The molecule has 0 bridgehead atoms. The van der Waals surface area contributed by atoms with Crippen molar-refractivity contribution >= 4 is 16.0 Å².